The Balaban J connectivity index is 2.12. The third-order valence-corrected chi connectivity index (χ3v) is 3.23. The highest BCUT2D eigenvalue weighted by atomic mass is 35.5. The minimum absolute atomic E-state index is 0.0679. The first kappa shape index (κ1) is 9.73. The maximum Gasteiger partial charge on any atom is 0.228 e. The van der Waals surface area contributed by atoms with Crippen molar-refractivity contribution in [3.05, 3.63) is 30.5 Å². The molecule has 1 amide bonds. The molecule has 1 atom stereocenters. The Kier molecular flexibility index (Phi) is 2.14. The molecule has 3 rings (SSSR count). The van der Waals surface area contributed by atoms with Crippen LogP contribution >= 0.6 is 11.6 Å². The summed E-state index contributed by atoms with van der Waals surface area (Å²) in [7, 11) is 0. The fourth-order valence-electron chi connectivity index (χ4n) is 2.20. The highest BCUT2D eigenvalue weighted by Crippen LogP contribution is 2.30. The quantitative estimate of drug-likeness (QED) is 0.757. The zero-order valence-electron chi connectivity index (χ0n) is 8.61. The fraction of sp³-hybridized carbons (Fsp3) is 0.250. The summed E-state index contributed by atoms with van der Waals surface area (Å²) in [6.07, 6.45) is 2.31. The Morgan fingerprint density at radius 1 is 1.38 bits per heavy atom. The van der Waals surface area contributed by atoms with E-state index in [0.717, 1.165) is 16.6 Å². The van der Waals surface area contributed by atoms with E-state index in [1.165, 1.54) is 0 Å². The van der Waals surface area contributed by atoms with Gasteiger partial charge in [-0.3, -0.25) is 4.79 Å². The molecular weight excluding hydrogens is 224 g/mol. The number of amides is 1. The number of halogens is 1. The molecule has 1 saturated heterocycles. The minimum atomic E-state index is -0.0679. The van der Waals surface area contributed by atoms with Crippen LogP contribution in [0.2, 0.25) is 0 Å². The number of aromatic amines is 1. The van der Waals surface area contributed by atoms with Gasteiger partial charge in [-0.25, -0.2) is 0 Å². The van der Waals surface area contributed by atoms with Crippen molar-refractivity contribution in [1.82, 2.24) is 4.98 Å². The number of anilines is 1. The molecule has 4 heteroatoms. The van der Waals surface area contributed by atoms with E-state index < -0.39 is 0 Å². The highest BCUT2D eigenvalue weighted by Gasteiger charge is 2.29. The summed E-state index contributed by atoms with van der Waals surface area (Å²) in [4.78, 5) is 16.7. The summed E-state index contributed by atoms with van der Waals surface area (Å²) in [5.74, 6) is 0.105. The molecular formula is C12H11ClN2O. The van der Waals surface area contributed by atoms with Crippen molar-refractivity contribution in [2.75, 3.05) is 11.4 Å². The molecule has 1 N–H and O–H groups in total. The van der Waals surface area contributed by atoms with E-state index >= 15 is 0 Å². The molecule has 0 radical (unpaired) electrons. The van der Waals surface area contributed by atoms with E-state index in [4.69, 9.17) is 11.6 Å². The second kappa shape index (κ2) is 3.52. The molecule has 0 aliphatic carbocycles. The van der Waals surface area contributed by atoms with Crippen LogP contribution < -0.4 is 4.90 Å². The van der Waals surface area contributed by atoms with Gasteiger partial charge in [-0.15, -0.1) is 11.6 Å². The summed E-state index contributed by atoms with van der Waals surface area (Å²) in [6.45, 7) is 0.602. The van der Waals surface area contributed by atoms with Gasteiger partial charge in [0.25, 0.3) is 0 Å². The predicted octanol–water partition coefficient (Wildman–Crippen LogP) is 2.51. The number of H-pyrrole nitrogens is 1. The molecule has 1 fully saturated rings. The van der Waals surface area contributed by atoms with Crippen LogP contribution in [0.1, 0.15) is 6.42 Å². The van der Waals surface area contributed by atoms with E-state index in [0.29, 0.717) is 13.0 Å². The molecule has 0 saturated carbocycles. The van der Waals surface area contributed by atoms with Crippen LogP contribution in [0.15, 0.2) is 30.5 Å². The number of hydrogen-bond acceptors (Lipinski definition) is 1. The number of hydrogen-bond donors (Lipinski definition) is 1. The van der Waals surface area contributed by atoms with Crippen LogP contribution in [-0.2, 0) is 4.79 Å². The largest absolute Gasteiger partial charge is 0.361 e. The van der Waals surface area contributed by atoms with Crippen LogP contribution in [0, 0.1) is 0 Å². The molecule has 1 aromatic carbocycles. The molecule has 2 heterocycles. The van der Waals surface area contributed by atoms with Gasteiger partial charge < -0.3 is 9.88 Å². The van der Waals surface area contributed by atoms with E-state index in [-0.39, 0.29) is 11.3 Å². The average molecular weight is 235 g/mol. The van der Waals surface area contributed by atoms with Crippen LogP contribution in [0.5, 0.6) is 0 Å². The Morgan fingerprint density at radius 3 is 3.00 bits per heavy atom. The SMILES string of the molecule is O=C1CC(Cl)CN1c1cccc2[nH]ccc12. The van der Waals surface area contributed by atoms with Crippen molar-refractivity contribution in [3.8, 4) is 0 Å². The van der Waals surface area contributed by atoms with Gasteiger partial charge in [0.2, 0.25) is 5.91 Å². The number of carbonyl (C=O) groups excluding carboxylic acids is 1. The first-order valence-corrected chi connectivity index (χ1v) is 5.70. The number of alkyl halides is 1. The molecule has 82 valence electrons. The maximum absolute atomic E-state index is 11.8. The summed E-state index contributed by atoms with van der Waals surface area (Å²) in [5.41, 5.74) is 2.00. The van der Waals surface area contributed by atoms with Crippen LogP contribution in [0.4, 0.5) is 5.69 Å². The number of benzene rings is 1. The van der Waals surface area contributed by atoms with E-state index in [1.54, 1.807) is 4.90 Å². The smallest absolute Gasteiger partial charge is 0.228 e. The molecule has 3 nitrogen and oxygen atoms in total. The Morgan fingerprint density at radius 2 is 2.25 bits per heavy atom. The first-order valence-electron chi connectivity index (χ1n) is 5.26. The lowest BCUT2D eigenvalue weighted by atomic mass is 10.2. The summed E-state index contributed by atoms with van der Waals surface area (Å²) < 4.78 is 0. The Hall–Kier alpha value is -1.48. The number of aromatic nitrogens is 1. The molecule has 1 aliphatic heterocycles. The van der Waals surface area contributed by atoms with Gasteiger partial charge in [0.1, 0.15) is 0 Å². The third kappa shape index (κ3) is 1.39. The molecule has 0 bridgehead atoms. The molecule has 1 unspecified atom stereocenters. The average Bonchev–Trinajstić information content (AvgIpc) is 2.84. The lowest BCUT2D eigenvalue weighted by Gasteiger charge is -2.16. The van der Waals surface area contributed by atoms with Gasteiger partial charge in [0.05, 0.1) is 11.1 Å². The zero-order chi connectivity index (χ0) is 11.1. The second-order valence-corrected chi connectivity index (χ2v) is 4.64. The van der Waals surface area contributed by atoms with Gasteiger partial charge >= 0.3 is 0 Å². The van der Waals surface area contributed by atoms with Gasteiger partial charge in [0, 0.05) is 30.1 Å². The molecule has 16 heavy (non-hydrogen) atoms. The zero-order valence-corrected chi connectivity index (χ0v) is 9.37. The first-order chi connectivity index (χ1) is 7.75. The number of carbonyl (C=O) groups is 1. The molecule has 2 aromatic rings. The van der Waals surface area contributed by atoms with Gasteiger partial charge in [-0.1, -0.05) is 6.07 Å². The fourth-order valence-corrected chi connectivity index (χ4v) is 2.47. The predicted molar refractivity (Wildman–Crippen MR) is 64.9 cm³/mol. The van der Waals surface area contributed by atoms with Crippen LogP contribution in [0.3, 0.4) is 0 Å². The van der Waals surface area contributed by atoms with Crippen LogP contribution in [-0.4, -0.2) is 22.8 Å². The van der Waals surface area contributed by atoms with Crippen molar-refractivity contribution in [3.63, 3.8) is 0 Å². The van der Waals surface area contributed by atoms with E-state index in [9.17, 15) is 4.79 Å². The minimum Gasteiger partial charge on any atom is -0.361 e. The molecule has 1 aliphatic rings. The number of rotatable bonds is 1. The van der Waals surface area contributed by atoms with Crippen molar-refractivity contribution < 1.29 is 4.79 Å². The number of nitrogens with one attached hydrogen (secondary N) is 1. The lowest BCUT2D eigenvalue weighted by Crippen LogP contribution is -2.24. The number of fused-ring (bicyclic) bond motifs is 1. The summed E-state index contributed by atoms with van der Waals surface area (Å²) >= 11 is 6.01. The van der Waals surface area contributed by atoms with Gasteiger partial charge in [-0.2, -0.15) is 0 Å². The Labute approximate surface area is 98.0 Å². The molecule has 1 aromatic heterocycles. The van der Waals surface area contributed by atoms with Crippen molar-refractivity contribution >= 4 is 34.1 Å². The topological polar surface area (TPSA) is 36.1 Å². The van der Waals surface area contributed by atoms with Crippen molar-refractivity contribution in [2.45, 2.75) is 11.8 Å². The summed E-state index contributed by atoms with van der Waals surface area (Å²) in [6, 6.07) is 7.89. The standard InChI is InChI=1S/C12H11ClN2O/c13-8-6-12(16)15(7-8)11-3-1-2-10-9(11)4-5-14-10/h1-5,8,14H,6-7H2. The highest BCUT2D eigenvalue weighted by molar-refractivity contribution is 6.24. The normalized spacial score (nSPS) is 20.9. The number of nitrogens with zero attached hydrogens (tertiary/aromatic N) is 1. The lowest BCUT2D eigenvalue weighted by molar-refractivity contribution is -0.117. The van der Waals surface area contributed by atoms with Gasteiger partial charge in [0.15, 0.2) is 0 Å². The monoisotopic (exact) mass is 234 g/mol. The van der Waals surface area contributed by atoms with Gasteiger partial charge in [-0.05, 0) is 18.2 Å². The Bertz CT molecular complexity index is 549. The third-order valence-electron chi connectivity index (χ3n) is 2.94. The van der Waals surface area contributed by atoms with E-state index in [2.05, 4.69) is 4.98 Å². The van der Waals surface area contributed by atoms with Crippen molar-refractivity contribution in [1.29, 1.82) is 0 Å². The van der Waals surface area contributed by atoms with E-state index in [1.807, 2.05) is 30.5 Å². The second-order valence-electron chi connectivity index (χ2n) is 4.02. The van der Waals surface area contributed by atoms with Crippen molar-refractivity contribution in [2.24, 2.45) is 0 Å². The maximum atomic E-state index is 11.8. The summed E-state index contributed by atoms with van der Waals surface area (Å²) in [5, 5.41) is 1.00. The molecule has 0 spiro atoms. The van der Waals surface area contributed by atoms with Crippen LogP contribution in [0.25, 0.3) is 10.9 Å².